The molecular weight excluding hydrogens is 236 g/mol. The third-order valence-electron chi connectivity index (χ3n) is 4.17. The van der Waals surface area contributed by atoms with E-state index in [1.165, 1.54) is 44.9 Å². The fourth-order valence-electron chi connectivity index (χ4n) is 2.95. The minimum absolute atomic E-state index is 0.234. The van der Waals surface area contributed by atoms with Gasteiger partial charge < -0.3 is 16.2 Å². The van der Waals surface area contributed by atoms with Gasteiger partial charge in [-0.1, -0.05) is 51.9 Å². The summed E-state index contributed by atoms with van der Waals surface area (Å²) in [5, 5.41) is 0. The highest BCUT2D eigenvalue weighted by Gasteiger charge is 2.31. The molecule has 0 aliphatic heterocycles. The minimum Gasteiger partial charge on any atom is -0.361 e. The van der Waals surface area contributed by atoms with Crippen molar-refractivity contribution in [2.45, 2.75) is 95.7 Å². The van der Waals surface area contributed by atoms with Crippen molar-refractivity contribution in [1.82, 2.24) is 0 Å². The average molecular weight is 270 g/mol. The first-order valence-corrected chi connectivity index (χ1v) is 8.35. The van der Waals surface area contributed by atoms with Crippen LogP contribution in [0.4, 0.5) is 0 Å². The quantitative estimate of drug-likeness (QED) is 0.470. The normalized spacial score (nSPS) is 27.6. The molecule has 2 unspecified atom stereocenters. The van der Waals surface area contributed by atoms with Gasteiger partial charge in [0.1, 0.15) is 5.72 Å². The summed E-state index contributed by atoms with van der Waals surface area (Å²) in [6.45, 7) is 3.06. The third-order valence-corrected chi connectivity index (χ3v) is 4.17. The Morgan fingerprint density at radius 1 is 1.05 bits per heavy atom. The summed E-state index contributed by atoms with van der Waals surface area (Å²) >= 11 is 0. The summed E-state index contributed by atoms with van der Waals surface area (Å²) < 4.78 is 5.88. The van der Waals surface area contributed by atoms with Crippen molar-refractivity contribution in [3.05, 3.63) is 0 Å². The zero-order chi connectivity index (χ0) is 14.0. The van der Waals surface area contributed by atoms with Crippen molar-refractivity contribution in [3.8, 4) is 0 Å². The number of nitrogens with two attached hydrogens (primary N) is 2. The van der Waals surface area contributed by atoms with Crippen LogP contribution in [0.1, 0.15) is 84.0 Å². The Labute approximate surface area is 119 Å². The van der Waals surface area contributed by atoms with Gasteiger partial charge in [-0.15, -0.1) is 0 Å². The number of rotatable bonds is 10. The monoisotopic (exact) mass is 270 g/mol. The van der Waals surface area contributed by atoms with Crippen molar-refractivity contribution in [3.63, 3.8) is 0 Å². The van der Waals surface area contributed by atoms with E-state index in [4.69, 9.17) is 16.2 Å². The first-order chi connectivity index (χ1) is 9.16. The molecule has 0 spiro atoms. The molecule has 19 heavy (non-hydrogen) atoms. The SMILES string of the molecule is CCCCCCCCCCOC1(N)CCCC(N)C1. The van der Waals surface area contributed by atoms with Crippen molar-refractivity contribution in [2.75, 3.05) is 6.61 Å². The molecule has 1 rings (SSSR count). The van der Waals surface area contributed by atoms with Crippen molar-refractivity contribution >= 4 is 0 Å². The maximum absolute atomic E-state index is 6.24. The predicted molar refractivity (Wildman–Crippen MR) is 81.9 cm³/mol. The summed E-state index contributed by atoms with van der Waals surface area (Å²) in [4.78, 5) is 0. The molecule has 1 aliphatic carbocycles. The van der Waals surface area contributed by atoms with Crippen molar-refractivity contribution < 1.29 is 4.74 Å². The summed E-state index contributed by atoms with van der Waals surface area (Å²) in [6, 6.07) is 0.234. The highest BCUT2D eigenvalue weighted by atomic mass is 16.5. The van der Waals surface area contributed by atoms with Gasteiger partial charge >= 0.3 is 0 Å². The topological polar surface area (TPSA) is 61.3 Å². The Kier molecular flexibility index (Phi) is 8.67. The van der Waals surface area contributed by atoms with E-state index in [0.29, 0.717) is 0 Å². The molecule has 0 amide bonds. The zero-order valence-electron chi connectivity index (χ0n) is 12.8. The van der Waals surface area contributed by atoms with Crippen LogP contribution in [0.2, 0.25) is 0 Å². The van der Waals surface area contributed by atoms with Gasteiger partial charge in [0.15, 0.2) is 0 Å². The van der Waals surface area contributed by atoms with E-state index >= 15 is 0 Å². The number of hydrogen-bond acceptors (Lipinski definition) is 3. The highest BCUT2D eigenvalue weighted by molar-refractivity contribution is 4.84. The standard InChI is InChI=1S/C16H34N2O/c1-2-3-4-5-6-7-8-9-13-19-16(18)12-10-11-15(17)14-16/h15H,2-14,17-18H2,1H3. The van der Waals surface area contributed by atoms with Gasteiger partial charge in [-0.05, 0) is 25.7 Å². The largest absolute Gasteiger partial charge is 0.361 e. The molecule has 1 aliphatic rings. The number of unbranched alkanes of at least 4 members (excludes halogenated alkanes) is 7. The average Bonchev–Trinajstić information content (AvgIpc) is 2.36. The summed E-state index contributed by atoms with van der Waals surface area (Å²) in [5.41, 5.74) is 11.8. The van der Waals surface area contributed by atoms with Crippen LogP contribution in [0.5, 0.6) is 0 Å². The van der Waals surface area contributed by atoms with Gasteiger partial charge in [0.25, 0.3) is 0 Å². The van der Waals surface area contributed by atoms with Crippen LogP contribution in [0.25, 0.3) is 0 Å². The summed E-state index contributed by atoms with van der Waals surface area (Å²) in [6.07, 6.45) is 14.6. The van der Waals surface area contributed by atoms with Crippen molar-refractivity contribution in [1.29, 1.82) is 0 Å². The van der Waals surface area contributed by atoms with Crippen molar-refractivity contribution in [2.24, 2.45) is 11.5 Å². The summed E-state index contributed by atoms with van der Waals surface area (Å²) in [5.74, 6) is 0. The van der Waals surface area contributed by atoms with Gasteiger partial charge in [-0.25, -0.2) is 0 Å². The fourth-order valence-corrected chi connectivity index (χ4v) is 2.95. The Morgan fingerprint density at radius 3 is 2.32 bits per heavy atom. The predicted octanol–water partition coefficient (Wildman–Crippen LogP) is 3.70. The molecule has 1 fully saturated rings. The number of ether oxygens (including phenoxy) is 1. The smallest absolute Gasteiger partial charge is 0.118 e. The first kappa shape index (κ1) is 16.9. The van der Waals surface area contributed by atoms with E-state index in [1.807, 2.05) is 0 Å². The molecule has 0 aromatic heterocycles. The molecule has 0 aromatic carbocycles. The van der Waals surface area contributed by atoms with Gasteiger partial charge in [-0.2, -0.15) is 0 Å². The molecule has 0 heterocycles. The zero-order valence-corrected chi connectivity index (χ0v) is 12.8. The molecule has 1 saturated carbocycles. The van der Waals surface area contributed by atoms with Gasteiger partial charge in [-0.3, -0.25) is 0 Å². The van der Waals surface area contributed by atoms with E-state index in [-0.39, 0.29) is 6.04 Å². The maximum Gasteiger partial charge on any atom is 0.118 e. The Hall–Kier alpha value is -0.120. The molecule has 2 atom stereocenters. The molecule has 0 aromatic rings. The second-order valence-corrected chi connectivity index (χ2v) is 6.24. The molecule has 0 saturated heterocycles. The Morgan fingerprint density at radius 2 is 1.68 bits per heavy atom. The van der Waals surface area contributed by atoms with Crippen LogP contribution >= 0.6 is 0 Å². The Bertz CT molecular complexity index is 223. The van der Waals surface area contributed by atoms with E-state index in [9.17, 15) is 0 Å². The van der Waals surface area contributed by atoms with Crippen LogP contribution in [0.3, 0.4) is 0 Å². The van der Waals surface area contributed by atoms with E-state index < -0.39 is 5.72 Å². The molecule has 3 nitrogen and oxygen atoms in total. The van der Waals surface area contributed by atoms with E-state index in [1.54, 1.807) is 0 Å². The maximum atomic E-state index is 6.24. The molecule has 0 radical (unpaired) electrons. The molecule has 0 bridgehead atoms. The second kappa shape index (κ2) is 9.73. The van der Waals surface area contributed by atoms with E-state index in [2.05, 4.69) is 6.92 Å². The fraction of sp³-hybridized carbons (Fsp3) is 1.00. The lowest BCUT2D eigenvalue weighted by molar-refractivity contribution is -0.0709. The van der Waals surface area contributed by atoms with Crippen LogP contribution in [0.15, 0.2) is 0 Å². The van der Waals surface area contributed by atoms with Gasteiger partial charge in [0, 0.05) is 19.1 Å². The molecule has 3 heteroatoms. The molecular formula is C16H34N2O. The lowest BCUT2D eigenvalue weighted by atomic mass is 9.89. The van der Waals surface area contributed by atoms with Gasteiger partial charge in [0.05, 0.1) is 0 Å². The second-order valence-electron chi connectivity index (χ2n) is 6.24. The van der Waals surface area contributed by atoms with Crippen LogP contribution in [-0.2, 0) is 4.74 Å². The molecule has 4 N–H and O–H groups in total. The molecule has 114 valence electrons. The third kappa shape index (κ3) is 7.91. The summed E-state index contributed by atoms with van der Waals surface area (Å²) in [7, 11) is 0. The lowest BCUT2D eigenvalue weighted by Gasteiger charge is -2.36. The minimum atomic E-state index is -0.432. The number of hydrogen-bond donors (Lipinski definition) is 2. The highest BCUT2D eigenvalue weighted by Crippen LogP contribution is 2.26. The van der Waals surface area contributed by atoms with Crippen LogP contribution < -0.4 is 11.5 Å². The van der Waals surface area contributed by atoms with E-state index in [0.717, 1.165) is 38.7 Å². The first-order valence-electron chi connectivity index (χ1n) is 8.35. The van der Waals surface area contributed by atoms with Crippen LogP contribution in [0, 0.1) is 0 Å². The van der Waals surface area contributed by atoms with Crippen LogP contribution in [-0.4, -0.2) is 18.4 Å². The van der Waals surface area contributed by atoms with Gasteiger partial charge in [0.2, 0.25) is 0 Å². The Balaban J connectivity index is 1.92. The lowest BCUT2D eigenvalue weighted by Crippen LogP contribution is -2.50.